The Labute approximate surface area is 212 Å². The molecule has 3 aromatic carbocycles. The molecule has 2 aromatic heterocycles. The van der Waals surface area contributed by atoms with E-state index in [1.807, 2.05) is 53.2 Å². The van der Waals surface area contributed by atoms with Gasteiger partial charge in [0.1, 0.15) is 18.2 Å². The van der Waals surface area contributed by atoms with Crippen LogP contribution in [-0.4, -0.2) is 15.5 Å². The topological polar surface area (TPSA) is 70.7 Å². The Bertz CT molecular complexity index is 1620. The fraction of sp³-hybridized carbons (Fsp3) is 0.100. The van der Waals surface area contributed by atoms with Crippen molar-refractivity contribution in [3.05, 3.63) is 126 Å². The number of nitrogens with one attached hydrogen (secondary N) is 1. The number of rotatable bonds is 7. The molecule has 1 unspecified atom stereocenters. The van der Waals surface area contributed by atoms with Crippen LogP contribution in [0.5, 0.6) is 0 Å². The molecule has 5 nitrogen and oxygen atoms in total. The number of carbonyl (C=O) groups is 1. The molecule has 0 saturated carbocycles. The maximum atomic E-state index is 14.0. The monoisotopic (exact) mass is 492 g/mol. The summed E-state index contributed by atoms with van der Waals surface area (Å²) in [5.41, 5.74) is 3.80. The fourth-order valence-electron chi connectivity index (χ4n) is 4.55. The molecule has 0 spiro atoms. The molecule has 5 rings (SSSR count). The molecule has 1 N–H and O–H groups in total. The number of nitrogens with zero attached hydrogens (tertiary/aromatic N) is 3. The van der Waals surface area contributed by atoms with Crippen molar-refractivity contribution in [2.24, 2.45) is 0 Å². The molecule has 1 atom stereocenters. The van der Waals surface area contributed by atoms with E-state index in [0.717, 1.165) is 22.5 Å². The molecule has 7 heteroatoms. The van der Waals surface area contributed by atoms with Gasteiger partial charge in [0.15, 0.2) is 0 Å². The number of halogens is 2. The van der Waals surface area contributed by atoms with E-state index in [2.05, 4.69) is 16.4 Å². The number of carbonyl (C=O) groups excluding carboxylic acids is 1. The van der Waals surface area contributed by atoms with Crippen molar-refractivity contribution in [1.29, 1.82) is 5.26 Å². The molecule has 0 fully saturated rings. The first-order valence-electron chi connectivity index (χ1n) is 11.7. The van der Waals surface area contributed by atoms with E-state index in [4.69, 9.17) is 0 Å². The number of pyridine rings is 1. The fourth-order valence-corrected chi connectivity index (χ4v) is 4.55. The number of benzene rings is 3. The summed E-state index contributed by atoms with van der Waals surface area (Å²) in [5.74, 6) is -1.66. The summed E-state index contributed by atoms with van der Waals surface area (Å²) in [4.78, 5) is 17.8. The van der Waals surface area contributed by atoms with Crippen LogP contribution in [0.4, 0.5) is 8.78 Å². The van der Waals surface area contributed by atoms with Gasteiger partial charge < -0.3 is 9.88 Å². The Morgan fingerprint density at radius 1 is 0.973 bits per heavy atom. The van der Waals surface area contributed by atoms with Crippen molar-refractivity contribution < 1.29 is 13.6 Å². The van der Waals surface area contributed by atoms with E-state index in [0.29, 0.717) is 22.4 Å². The van der Waals surface area contributed by atoms with Crippen LogP contribution in [0.15, 0.2) is 97.3 Å². The van der Waals surface area contributed by atoms with Crippen LogP contribution in [0.1, 0.15) is 22.9 Å². The Hall–Kier alpha value is -4.83. The third-order valence-corrected chi connectivity index (χ3v) is 6.16. The second-order valence-electron chi connectivity index (χ2n) is 8.73. The smallest absolute Gasteiger partial charge is 0.240 e. The molecule has 0 saturated heterocycles. The largest absolute Gasteiger partial charge is 0.346 e. The summed E-state index contributed by atoms with van der Waals surface area (Å²) >= 11 is 0. The van der Waals surface area contributed by atoms with Crippen molar-refractivity contribution in [2.75, 3.05) is 0 Å². The van der Waals surface area contributed by atoms with Gasteiger partial charge in [-0.05, 0) is 65.4 Å². The molecule has 0 radical (unpaired) electrons. The number of fused-ring (bicyclic) bond motifs is 1. The molecule has 0 aliphatic rings. The first kappa shape index (κ1) is 23.9. The van der Waals surface area contributed by atoms with E-state index < -0.39 is 17.7 Å². The summed E-state index contributed by atoms with van der Waals surface area (Å²) in [6.07, 6.45) is 3.58. The zero-order chi connectivity index (χ0) is 25.8. The lowest BCUT2D eigenvalue weighted by Gasteiger charge is -2.22. The van der Waals surface area contributed by atoms with Gasteiger partial charge in [0.2, 0.25) is 5.91 Å². The van der Waals surface area contributed by atoms with E-state index in [1.165, 1.54) is 12.1 Å². The van der Waals surface area contributed by atoms with Crippen molar-refractivity contribution in [3.63, 3.8) is 0 Å². The van der Waals surface area contributed by atoms with E-state index in [-0.39, 0.29) is 18.9 Å². The second kappa shape index (κ2) is 10.4. The van der Waals surface area contributed by atoms with Gasteiger partial charge >= 0.3 is 0 Å². The number of hydrogen-bond acceptors (Lipinski definition) is 3. The highest BCUT2D eigenvalue weighted by atomic mass is 19.1. The zero-order valence-electron chi connectivity index (χ0n) is 19.7. The normalized spacial score (nSPS) is 11.7. The Morgan fingerprint density at radius 2 is 1.78 bits per heavy atom. The average Bonchev–Trinajstić information content (AvgIpc) is 3.30. The lowest BCUT2D eigenvalue weighted by atomic mass is 9.94. The summed E-state index contributed by atoms with van der Waals surface area (Å²) < 4.78 is 29.8. The number of aromatic nitrogens is 2. The van der Waals surface area contributed by atoms with E-state index in [1.54, 1.807) is 30.5 Å². The average molecular weight is 493 g/mol. The molecule has 1 amide bonds. The van der Waals surface area contributed by atoms with Crippen LogP contribution in [0.2, 0.25) is 0 Å². The predicted molar refractivity (Wildman–Crippen MR) is 137 cm³/mol. The first-order valence-corrected chi connectivity index (χ1v) is 11.7. The van der Waals surface area contributed by atoms with Crippen molar-refractivity contribution in [3.8, 4) is 17.2 Å². The van der Waals surface area contributed by atoms with Gasteiger partial charge in [-0.2, -0.15) is 5.26 Å². The van der Waals surface area contributed by atoms with Crippen LogP contribution in [0.3, 0.4) is 0 Å². The molecule has 37 heavy (non-hydrogen) atoms. The Balaban J connectivity index is 1.51. The third-order valence-electron chi connectivity index (χ3n) is 6.16. The van der Waals surface area contributed by atoms with Crippen molar-refractivity contribution in [2.45, 2.75) is 19.0 Å². The maximum absolute atomic E-state index is 14.0. The molecular weight excluding hydrogens is 470 g/mol. The van der Waals surface area contributed by atoms with Crippen LogP contribution >= 0.6 is 0 Å². The SMILES string of the molecule is N#Cc1cccc(-c2cccnc2C(Cc2cc(F)cc(F)c2)NC(=O)Cn2ccc3ccccc32)c1. The molecule has 0 bridgehead atoms. The lowest BCUT2D eigenvalue weighted by Crippen LogP contribution is -2.33. The van der Waals surface area contributed by atoms with Gasteiger partial charge in [-0.3, -0.25) is 9.78 Å². The zero-order valence-corrected chi connectivity index (χ0v) is 19.7. The number of nitriles is 1. The predicted octanol–water partition coefficient (Wildman–Crippen LogP) is 5.95. The van der Waals surface area contributed by atoms with Crippen LogP contribution in [0, 0.1) is 23.0 Å². The molecule has 0 aliphatic heterocycles. The maximum Gasteiger partial charge on any atom is 0.240 e. The van der Waals surface area contributed by atoms with Gasteiger partial charge in [0.05, 0.1) is 23.4 Å². The quantitative estimate of drug-likeness (QED) is 0.305. The van der Waals surface area contributed by atoms with E-state index in [9.17, 15) is 18.8 Å². The number of para-hydroxylation sites is 1. The minimum atomic E-state index is -0.693. The summed E-state index contributed by atoms with van der Waals surface area (Å²) in [7, 11) is 0. The standard InChI is InChI=1S/C30H22F2N4O/c31-24-14-21(15-25(32)17-24)16-27(35-29(37)19-36-12-10-22-6-1-2-9-28(22)36)30-26(8-4-11-34-30)23-7-3-5-20(13-23)18-33/h1-15,17,27H,16,19H2,(H,35,37). The highest BCUT2D eigenvalue weighted by Gasteiger charge is 2.22. The highest BCUT2D eigenvalue weighted by molar-refractivity contribution is 5.83. The summed E-state index contributed by atoms with van der Waals surface area (Å²) in [6, 6.07) is 25.2. The number of hydrogen-bond donors (Lipinski definition) is 1. The Kier molecular flexibility index (Phi) is 6.73. The molecule has 182 valence electrons. The first-order chi connectivity index (χ1) is 18.0. The van der Waals surface area contributed by atoms with Gasteiger partial charge in [-0.15, -0.1) is 0 Å². The van der Waals surface area contributed by atoms with Crippen molar-refractivity contribution >= 4 is 16.8 Å². The van der Waals surface area contributed by atoms with Crippen LogP contribution < -0.4 is 5.32 Å². The minimum Gasteiger partial charge on any atom is -0.346 e. The highest BCUT2D eigenvalue weighted by Crippen LogP contribution is 2.30. The van der Waals surface area contributed by atoms with Gasteiger partial charge in [-0.1, -0.05) is 36.4 Å². The van der Waals surface area contributed by atoms with Gasteiger partial charge in [-0.25, -0.2) is 8.78 Å². The Morgan fingerprint density at radius 3 is 2.59 bits per heavy atom. The van der Waals surface area contributed by atoms with Crippen LogP contribution in [-0.2, 0) is 17.8 Å². The third kappa shape index (κ3) is 5.39. The molecule has 5 aromatic rings. The second-order valence-corrected chi connectivity index (χ2v) is 8.73. The van der Waals surface area contributed by atoms with E-state index >= 15 is 0 Å². The summed E-state index contributed by atoms with van der Waals surface area (Å²) in [6.45, 7) is 0.0631. The lowest BCUT2D eigenvalue weighted by molar-refractivity contribution is -0.122. The number of amides is 1. The van der Waals surface area contributed by atoms with Gasteiger partial charge in [0.25, 0.3) is 0 Å². The molecular formula is C30H22F2N4O. The summed E-state index contributed by atoms with van der Waals surface area (Å²) in [5, 5.41) is 13.4. The van der Waals surface area contributed by atoms with Crippen LogP contribution in [0.25, 0.3) is 22.0 Å². The molecule has 2 heterocycles. The van der Waals surface area contributed by atoms with Crippen molar-refractivity contribution in [1.82, 2.24) is 14.9 Å². The minimum absolute atomic E-state index is 0.0631. The van der Waals surface area contributed by atoms with Gasteiger partial charge in [0, 0.05) is 29.5 Å². The molecule has 0 aliphatic carbocycles.